The molecule has 4 heteroatoms. The molecule has 1 saturated heterocycles. The lowest BCUT2D eigenvalue weighted by Crippen LogP contribution is -2.57. The van der Waals surface area contributed by atoms with Crippen molar-refractivity contribution in [3.05, 3.63) is 0 Å². The van der Waals surface area contributed by atoms with Crippen molar-refractivity contribution in [1.82, 2.24) is 10.2 Å². The normalized spacial score (nSPS) is 25.8. The van der Waals surface area contributed by atoms with E-state index in [-0.39, 0.29) is 5.91 Å². The van der Waals surface area contributed by atoms with Gasteiger partial charge in [0.15, 0.2) is 0 Å². The van der Waals surface area contributed by atoms with Crippen molar-refractivity contribution < 1.29 is 4.79 Å². The second kappa shape index (κ2) is 7.25. The van der Waals surface area contributed by atoms with Crippen molar-refractivity contribution in [2.24, 2.45) is 5.73 Å². The van der Waals surface area contributed by atoms with Gasteiger partial charge in [-0.2, -0.15) is 0 Å². The first kappa shape index (κ1) is 16.4. The minimum Gasteiger partial charge on any atom is -0.368 e. The van der Waals surface area contributed by atoms with Crippen molar-refractivity contribution in [1.29, 1.82) is 0 Å². The molecule has 1 rings (SSSR count). The summed E-state index contributed by atoms with van der Waals surface area (Å²) in [5, 5.41) is 3.26. The third-order valence-corrected chi connectivity index (χ3v) is 4.52. The van der Waals surface area contributed by atoms with E-state index in [1.807, 2.05) is 13.8 Å². The molecule has 1 heterocycles. The van der Waals surface area contributed by atoms with E-state index in [0.29, 0.717) is 12.1 Å². The fourth-order valence-electron chi connectivity index (χ4n) is 3.40. The van der Waals surface area contributed by atoms with Gasteiger partial charge in [0.1, 0.15) is 0 Å². The Kier molecular flexibility index (Phi) is 6.27. The second-order valence-electron chi connectivity index (χ2n) is 6.08. The maximum Gasteiger partial charge on any atom is 0.237 e. The predicted molar refractivity (Wildman–Crippen MR) is 80.0 cm³/mol. The van der Waals surface area contributed by atoms with Crippen LogP contribution in [0.3, 0.4) is 0 Å². The monoisotopic (exact) mass is 269 g/mol. The molecule has 0 aromatic carbocycles. The summed E-state index contributed by atoms with van der Waals surface area (Å²) in [4.78, 5) is 14.3. The van der Waals surface area contributed by atoms with Crippen molar-refractivity contribution in [3.8, 4) is 0 Å². The third kappa shape index (κ3) is 4.18. The Morgan fingerprint density at radius 1 is 1.47 bits per heavy atom. The summed E-state index contributed by atoms with van der Waals surface area (Å²) in [5.41, 5.74) is 4.99. The van der Waals surface area contributed by atoms with Gasteiger partial charge in [0.25, 0.3) is 0 Å². The van der Waals surface area contributed by atoms with Gasteiger partial charge in [0.05, 0.1) is 5.54 Å². The fourth-order valence-corrected chi connectivity index (χ4v) is 3.40. The number of rotatable bonds is 7. The standard InChI is InChI=1S/C15H31N3O/c1-5-13-9-7-8-10-18(13)12(3)11-15(4,14(16)19)17-6-2/h12-13,17H,5-11H2,1-4H3,(H2,16,19). The van der Waals surface area contributed by atoms with Gasteiger partial charge in [-0.1, -0.05) is 20.3 Å². The van der Waals surface area contributed by atoms with Crippen LogP contribution in [-0.4, -0.2) is 41.5 Å². The summed E-state index contributed by atoms with van der Waals surface area (Å²) in [6.07, 6.45) is 5.87. The van der Waals surface area contributed by atoms with Crippen LogP contribution < -0.4 is 11.1 Å². The molecular formula is C15H31N3O. The molecule has 0 aliphatic carbocycles. The van der Waals surface area contributed by atoms with Crippen LogP contribution in [-0.2, 0) is 4.79 Å². The zero-order valence-electron chi connectivity index (χ0n) is 13.0. The highest BCUT2D eigenvalue weighted by Gasteiger charge is 2.35. The maximum absolute atomic E-state index is 11.7. The molecule has 3 atom stereocenters. The van der Waals surface area contributed by atoms with E-state index in [2.05, 4.69) is 24.1 Å². The molecule has 0 radical (unpaired) electrons. The van der Waals surface area contributed by atoms with Crippen LogP contribution in [0.2, 0.25) is 0 Å². The lowest BCUT2D eigenvalue weighted by Gasteiger charge is -2.42. The Balaban J connectivity index is 2.69. The number of primary amides is 1. The molecule has 0 bridgehead atoms. The van der Waals surface area contributed by atoms with Gasteiger partial charge >= 0.3 is 0 Å². The molecule has 0 aromatic heterocycles. The number of likely N-dealkylation sites (N-methyl/N-ethyl adjacent to an activating group) is 1. The zero-order valence-corrected chi connectivity index (χ0v) is 13.0. The van der Waals surface area contributed by atoms with Gasteiger partial charge in [0.2, 0.25) is 5.91 Å². The Bertz CT molecular complexity index is 295. The number of hydrogen-bond acceptors (Lipinski definition) is 3. The number of likely N-dealkylation sites (tertiary alicyclic amines) is 1. The maximum atomic E-state index is 11.7. The van der Waals surface area contributed by atoms with Gasteiger partial charge in [-0.25, -0.2) is 0 Å². The fraction of sp³-hybridized carbons (Fsp3) is 0.933. The molecule has 1 aliphatic rings. The Labute approximate surface area is 118 Å². The smallest absolute Gasteiger partial charge is 0.237 e. The van der Waals surface area contributed by atoms with Crippen molar-refractivity contribution in [2.75, 3.05) is 13.1 Å². The van der Waals surface area contributed by atoms with Crippen molar-refractivity contribution >= 4 is 5.91 Å². The number of carbonyl (C=O) groups is 1. The average molecular weight is 269 g/mol. The van der Waals surface area contributed by atoms with E-state index < -0.39 is 5.54 Å². The van der Waals surface area contributed by atoms with E-state index >= 15 is 0 Å². The van der Waals surface area contributed by atoms with Crippen LogP contribution >= 0.6 is 0 Å². The number of nitrogens with zero attached hydrogens (tertiary/aromatic N) is 1. The topological polar surface area (TPSA) is 58.4 Å². The van der Waals surface area contributed by atoms with Gasteiger partial charge < -0.3 is 11.1 Å². The number of amides is 1. The van der Waals surface area contributed by atoms with Gasteiger partial charge in [0, 0.05) is 12.1 Å². The highest BCUT2D eigenvalue weighted by molar-refractivity contribution is 5.84. The van der Waals surface area contributed by atoms with Crippen LogP contribution in [0.5, 0.6) is 0 Å². The molecule has 1 aliphatic heterocycles. The molecule has 1 amide bonds. The highest BCUT2D eigenvalue weighted by atomic mass is 16.1. The summed E-state index contributed by atoms with van der Waals surface area (Å²) in [6.45, 7) is 10.4. The largest absolute Gasteiger partial charge is 0.368 e. The molecule has 3 unspecified atom stereocenters. The molecule has 112 valence electrons. The van der Waals surface area contributed by atoms with Gasteiger partial charge in [-0.15, -0.1) is 0 Å². The third-order valence-electron chi connectivity index (χ3n) is 4.52. The van der Waals surface area contributed by atoms with E-state index in [0.717, 1.165) is 19.5 Å². The van der Waals surface area contributed by atoms with Crippen molar-refractivity contribution in [2.45, 2.75) is 77.4 Å². The van der Waals surface area contributed by atoms with E-state index in [1.54, 1.807) is 0 Å². The Morgan fingerprint density at radius 2 is 2.16 bits per heavy atom. The molecule has 0 saturated carbocycles. The first-order valence-electron chi connectivity index (χ1n) is 7.75. The van der Waals surface area contributed by atoms with Crippen LogP contribution in [0, 0.1) is 0 Å². The summed E-state index contributed by atoms with van der Waals surface area (Å²) >= 11 is 0. The van der Waals surface area contributed by atoms with E-state index in [1.165, 1.54) is 25.7 Å². The van der Waals surface area contributed by atoms with Crippen LogP contribution in [0.25, 0.3) is 0 Å². The van der Waals surface area contributed by atoms with Crippen LogP contribution in [0.15, 0.2) is 0 Å². The number of nitrogens with two attached hydrogens (primary N) is 1. The summed E-state index contributed by atoms with van der Waals surface area (Å²) in [7, 11) is 0. The highest BCUT2D eigenvalue weighted by Crippen LogP contribution is 2.25. The lowest BCUT2D eigenvalue weighted by molar-refractivity contribution is -0.124. The number of hydrogen-bond donors (Lipinski definition) is 2. The molecule has 3 N–H and O–H groups in total. The van der Waals surface area contributed by atoms with Crippen LogP contribution in [0.1, 0.15) is 59.8 Å². The quantitative estimate of drug-likeness (QED) is 0.742. The Hall–Kier alpha value is -0.610. The van der Waals surface area contributed by atoms with E-state index in [9.17, 15) is 4.79 Å². The number of nitrogens with one attached hydrogen (secondary N) is 1. The number of piperidine rings is 1. The zero-order chi connectivity index (χ0) is 14.5. The molecule has 0 spiro atoms. The Morgan fingerprint density at radius 3 is 2.68 bits per heavy atom. The van der Waals surface area contributed by atoms with Gasteiger partial charge in [-0.3, -0.25) is 9.69 Å². The lowest BCUT2D eigenvalue weighted by atomic mass is 9.89. The predicted octanol–water partition coefficient (Wildman–Crippen LogP) is 1.88. The molecule has 0 aromatic rings. The summed E-state index contributed by atoms with van der Waals surface area (Å²) in [5.74, 6) is -0.244. The first-order chi connectivity index (χ1) is 8.94. The van der Waals surface area contributed by atoms with Crippen molar-refractivity contribution in [3.63, 3.8) is 0 Å². The minimum absolute atomic E-state index is 0.244. The summed E-state index contributed by atoms with van der Waals surface area (Å²) in [6, 6.07) is 1.06. The first-order valence-corrected chi connectivity index (χ1v) is 7.75. The second-order valence-corrected chi connectivity index (χ2v) is 6.08. The SMILES string of the molecule is CCNC(C)(CC(C)N1CCCCC1CC)C(N)=O. The molecule has 4 nitrogen and oxygen atoms in total. The minimum atomic E-state index is -0.593. The van der Waals surface area contributed by atoms with E-state index in [4.69, 9.17) is 5.73 Å². The summed E-state index contributed by atoms with van der Waals surface area (Å²) < 4.78 is 0. The average Bonchev–Trinajstić information content (AvgIpc) is 2.38. The molecule has 19 heavy (non-hydrogen) atoms. The number of carbonyl (C=O) groups excluding carboxylic acids is 1. The van der Waals surface area contributed by atoms with Gasteiger partial charge in [-0.05, 0) is 52.6 Å². The van der Waals surface area contributed by atoms with Crippen LogP contribution in [0.4, 0.5) is 0 Å². The molecule has 1 fully saturated rings. The molecular weight excluding hydrogens is 238 g/mol.